The number of pyridine rings is 1. The number of fused-ring (bicyclic) bond motifs is 1. The van der Waals surface area contributed by atoms with Gasteiger partial charge in [0.15, 0.2) is 0 Å². The fourth-order valence-corrected chi connectivity index (χ4v) is 2.22. The zero-order chi connectivity index (χ0) is 14.5. The van der Waals surface area contributed by atoms with E-state index in [1.54, 1.807) is 6.20 Å². The first kappa shape index (κ1) is 14.6. The molecule has 0 fully saturated rings. The van der Waals surface area contributed by atoms with Gasteiger partial charge in [-0.2, -0.15) is 0 Å². The fraction of sp³-hybridized carbons (Fsp3) is 0.333. The van der Waals surface area contributed by atoms with Gasteiger partial charge in [-0.25, -0.2) is 0 Å². The van der Waals surface area contributed by atoms with Gasteiger partial charge in [0.1, 0.15) is 0 Å². The van der Waals surface area contributed by atoms with Gasteiger partial charge in [0.2, 0.25) is 0 Å². The van der Waals surface area contributed by atoms with Gasteiger partial charge >= 0.3 is 5.97 Å². The second-order valence-electron chi connectivity index (χ2n) is 4.47. The summed E-state index contributed by atoms with van der Waals surface area (Å²) in [6.45, 7) is 2.82. The van der Waals surface area contributed by atoms with Crippen molar-refractivity contribution in [2.45, 2.75) is 13.3 Å². The van der Waals surface area contributed by atoms with Crippen molar-refractivity contribution in [2.24, 2.45) is 0 Å². The first-order chi connectivity index (χ1) is 9.61. The molecule has 1 aromatic heterocycles. The third-order valence-corrected chi connectivity index (χ3v) is 3.28. The Morgan fingerprint density at radius 2 is 2.20 bits per heavy atom. The van der Waals surface area contributed by atoms with E-state index in [-0.39, 0.29) is 5.97 Å². The van der Waals surface area contributed by atoms with Crippen LogP contribution in [0.4, 0.5) is 5.69 Å². The maximum atomic E-state index is 11.4. The first-order valence-electron chi connectivity index (χ1n) is 6.53. The van der Waals surface area contributed by atoms with Gasteiger partial charge in [-0.15, -0.1) is 0 Å². The van der Waals surface area contributed by atoms with Gasteiger partial charge < -0.3 is 9.64 Å². The molecule has 0 aliphatic heterocycles. The van der Waals surface area contributed by atoms with E-state index in [0.29, 0.717) is 24.6 Å². The van der Waals surface area contributed by atoms with Crippen LogP contribution in [0.1, 0.15) is 13.3 Å². The number of anilines is 1. The molecule has 0 N–H and O–H groups in total. The maximum Gasteiger partial charge on any atom is 0.307 e. The minimum absolute atomic E-state index is 0.180. The minimum Gasteiger partial charge on any atom is -0.466 e. The molecule has 1 aromatic carbocycles. The predicted octanol–water partition coefficient (Wildman–Crippen LogP) is 3.28. The Morgan fingerprint density at radius 1 is 1.40 bits per heavy atom. The molecule has 106 valence electrons. The Labute approximate surface area is 123 Å². The van der Waals surface area contributed by atoms with Crippen molar-refractivity contribution in [3.8, 4) is 0 Å². The lowest BCUT2D eigenvalue weighted by Crippen LogP contribution is -2.22. The summed E-state index contributed by atoms with van der Waals surface area (Å²) in [6.07, 6.45) is 2.11. The van der Waals surface area contributed by atoms with E-state index in [9.17, 15) is 4.79 Å². The monoisotopic (exact) mass is 292 g/mol. The second-order valence-corrected chi connectivity index (χ2v) is 4.90. The van der Waals surface area contributed by atoms with Crippen molar-refractivity contribution < 1.29 is 9.53 Å². The number of nitrogens with zero attached hydrogens (tertiary/aromatic N) is 2. The Balaban J connectivity index is 2.17. The van der Waals surface area contributed by atoms with E-state index in [2.05, 4.69) is 4.98 Å². The van der Waals surface area contributed by atoms with E-state index >= 15 is 0 Å². The first-order valence-corrected chi connectivity index (χ1v) is 6.90. The summed E-state index contributed by atoms with van der Waals surface area (Å²) in [5, 5.41) is 1.68. The van der Waals surface area contributed by atoms with E-state index in [1.165, 1.54) is 0 Å². The van der Waals surface area contributed by atoms with Gasteiger partial charge in [0.25, 0.3) is 0 Å². The summed E-state index contributed by atoms with van der Waals surface area (Å²) in [5.41, 5.74) is 1.87. The number of hydrogen-bond donors (Lipinski definition) is 0. The molecule has 0 aliphatic carbocycles. The summed E-state index contributed by atoms with van der Waals surface area (Å²) in [4.78, 5) is 17.7. The van der Waals surface area contributed by atoms with Crippen LogP contribution >= 0.6 is 11.6 Å². The van der Waals surface area contributed by atoms with Crippen LogP contribution in [0.25, 0.3) is 10.9 Å². The summed E-state index contributed by atoms with van der Waals surface area (Å²) in [5.74, 6) is -0.180. The van der Waals surface area contributed by atoms with Crippen molar-refractivity contribution in [3.05, 3.63) is 35.5 Å². The van der Waals surface area contributed by atoms with Gasteiger partial charge in [0.05, 0.1) is 18.5 Å². The molecule has 2 rings (SSSR count). The molecule has 0 amide bonds. The number of ether oxygens (including phenoxy) is 1. The number of halogens is 1. The third-order valence-electron chi connectivity index (χ3n) is 3.05. The SMILES string of the molecule is CCOC(=O)CCN(C)c1ccnc2cc(Cl)ccc12. The lowest BCUT2D eigenvalue weighted by atomic mass is 10.1. The van der Waals surface area contributed by atoms with Crippen molar-refractivity contribution in [2.75, 3.05) is 25.1 Å². The highest BCUT2D eigenvalue weighted by Gasteiger charge is 2.09. The Morgan fingerprint density at radius 3 is 2.95 bits per heavy atom. The van der Waals surface area contributed by atoms with Gasteiger partial charge in [-0.05, 0) is 31.2 Å². The molecule has 0 radical (unpaired) electrons. The van der Waals surface area contributed by atoms with Crippen LogP contribution in [0.5, 0.6) is 0 Å². The smallest absolute Gasteiger partial charge is 0.307 e. The Bertz CT molecular complexity index is 616. The highest BCUT2D eigenvalue weighted by molar-refractivity contribution is 6.31. The summed E-state index contributed by atoms with van der Waals surface area (Å²) < 4.78 is 4.94. The lowest BCUT2D eigenvalue weighted by molar-refractivity contribution is -0.142. The van der Waals surface area contributed by atoms with Crippen molar-refractivity contribution in [1.29, 1.82) is 0 Å². The van der Waals surface area contributed by atoms with Gasteiger partial charge in [-0.3, -0.25) is 9.78 Å². The maximum absolute atomic E-state index is 11.4. The lowest BCUT2D eigenvalue weighted by Gasteiger charge is -2.20. The number of hydrogen-bond acceptors (Lipinski definition) is 4. The van der Waals surface area contributed by atoms with Gasteiger partial charge in [-0.1, -0.05) is 11.6 Å². The molecule has 0 spiro atoms. The number of carbonyl (C=O) groups is 1. The molecule has 1 heterocycles. The van der Waals surface area contributed by atoms with Gasteiger partial charge in [0, 0.05) is 35.9 Å². The highest BCUT2D eigenvalue weighted by atomic mass is 35.5. The average Bonchev–Trinajstić information content (AvgIpc) is 2.44. The molecule has 0 saturated heterocycles. The fourth-order valence-electron chi connectivity index (χ4n) is 2.05. The number of aromatic nitrogens is 1. The predicted molar refractivity (Wildman–Crippen MR) is 81.3 cm³/mol. The molecule has 0 aliphatic rings. The zero-order valence-electron chi connectivity index (χ0n) is 11.6. The number of esters is 1. The van der Waals surface area contributed by atoms with Crippen LogP contribution < -0.4 is 4.90 Å². The number of benzene rings is 1. The van der Waals surface area contributed by atoms with Crippen LogP contribution in [-0.4, -0.2) is 31.2 Å². The standard InChI is InChI=1S/C15H17ClN2O2/c1-3-20-15(19)7-9-18(2)14-6-8-17-13-10-11(16)4-5-12(13)14/h4-6,8,10H,3,7,9H2,1-2H3. The topological polar surface area (TPSA) is 42.4 Å². The van der Waals surface area contributed by atoms with Crippen molar-refractivity contribution in [3.63, 3.8) is 0 Å². The summed E-state index contributed by atoms with van der Waals surface area (Å²) >= 11 is 5.97. The molecular formula is C15H17ClN2O2. The van der Waals surface area contributed by atoms with Crippen LogP contribution in [0.2, 0.25) is 5.02 Å². The van der Waals surface area contributed by atoms with Crippen molar-refractivity contribution >= 4 is 34.2 Å². The number of rotatable bonds is 5. The number of carbonyl (C=O) groups excluding carboxylic acids is 1. The van der Waals surface area contributed by atoms with E-state index < -0.39 is 0 Å². The average molecular weight is 293 g/mol. The van der Waals surface area contributed by atoms with Crippen molar-refractivity contribution in [1.82, 2.24) is 4.98 Å². The molecule has 4 nitrogen and oxygen atoms in total. The molecule has 2 aromatic rings. The van der Waals surface area contributed by atoms with E-state index in [1.807, 2.05) is 43.1 Å². The minimum atomic E-state index is -0.180. The molecule has 0 unspecified atom stereocenters. The molecular weight excluding hydrogens is 276 g/mol. The Kier molecular flexibility index (Phi) is 4.79. The Hall–Kier alpha value is -1.81. The quantitative estimate of drug-likeness (QED) is 0.793. The van der Waals surface area contributed by atoms with E-state index in [4.69, 9.17) is 16.3 Å². The normalized spacial score (nSPS) is 10.6. The highest BCUT2D eigenvalue weighted by Crippen LogP contribution is 2.26. The molecule has 5 heteroatoms. The van der Waals surface area contributed by atoms with Crippen LogP contribution in [-0.2, 0) is 9.53 Å². The molecule has 0 atom stereocenters. The second kappa shape index (κ2) is 6.57. The van der Waals surface area contributed by atoms with Crippen LogP contribution in [0, 0.1) is 0 Å². The summed E-state index contributed by atoms with van der Waals surface area (Å²) in [7, 11) is 1.95. The molecule has 0 bridgehead atoms. The molecule has 20 heavy (non-hydrogen) atoms. The zero-order valence-corrected chi connectivity index (χ0v) is 12.4. The summed E-state index contributed by atoms with van der Waals surface area (Å²) in [6, 6.07) is 7.55. The van der Waals surface area contributed by atoms with Crippen LogP contribution in [0.3, 0.4) is 0 Å². The molecule has 0 saturated carbocycles. The van der Waals surface area contributed by atoms with E-state index in [0.717, 1.165) is 16.6 Å². The van der Waals surface area contributed by atoms with Crippen LogP contribution in [0.15, 0.2) is 30.5 Å². The largest absolute Gasteiger partial charge is 0.466 e. The third kappa shape index (κ3) is 3.39.